The number of piperazine rings is 1. The van der Waals surface area contributed by atoms with E-state index in [4.69, 9.17) is 11.6 Å². The Morgan fingerprint density at radius 2 is 1.52 bits per heavy atom. The summed E-state index contributed by atoms with van der Waals surface area (Å²) in [6.07, 6.45) is 0. The molecule has 0 bridgehead atoms. The number of benzene rings is 2. The van der Waals surface area contributed by atoms with E-state index in [1.807, 2.05) is 23.1 Å². The maximum Gasteiger partial charge on any atom is 0.244 e. The van der Waals surface area contributed by atoms with Crippen LogP contribution in [0, 0.1) is 0 Å². The van der Waals surface area contributed by atoms with Gasteiger partial charge in [0.15, 0.2) is 5.78 Å². The second-order valence-electron chi connectivity index (χ2n) is 5.90. The molecule has 0 unspecified atom stereocenters. The van der Waals surface area contributed by atoms with Crippen molar-refractivity contribution >= 4 is 27.4 Å². The van der Waals surface area contributed by atoms with Gasteiger partial charge in [-0.15, -0.1) is 0 Å². The van der Waals surface area contributed by atoms with Crippen LogP contribution in [0.25, 0.3) is 0 Å². The van der Waals surface area contributed by atoms with Gasteiger partial charge >= 0.3 is 0 Å². The number of Topliss-reactive ketones (excluding diaryl/α,β-unsaturated/α-hetero) is 1. The Morgan fingerprint density at radius 1 is 0.920 bits per heavy atom. The number of nitrogens with zero attached hydrogens (tertiary/aromatic N) is 2. The molecule has 0 atom stereocenters. The summed E-state index contributed by atoms with van der Waals surface area (Å²) in [5.74, 6) is 0.0445. The van der Waals surface area contributed by atoms with Gasteiger partial charge in [0.1, 0.15) is 4.90 Å². The smallest absolute Gasteiger partial charge is 0.244 e. The van der Waals surface area contributed by atoms with E-state index in [1.165, 1.54) is 10.4 Å². The van der Waals surface area contributed by atoms with Crippen molar-refractivity contribution in [2.45, 2.75) is 4.90 Å². The van der Waals surface area contributed by atoms with E-state index < -0.39 is 10.0 Å². The van der Waals surface area contributed by atoms with E-state index in [1.54, 1.807) is 30.3 Å². The molecule has 3 rings (SSSR count). The Bertz CT molecular complexity index is 848. The molecule has 0 spiro atoms. The second-order valence-corrected chi connectivity index (χ2v) is 8.21. The lowest BCUT2D eigenvalue weighted by atomic mass is 10.1. The summed E-state index contributed by atoms with van der Waals surface area (Å²) >= 11 is 6.03. The fourth-order valence-electron chi connectivity index (χ4n) is 2.84. The highest BCUT2D eigenvalue weighted by molar-refractivity contribution is 7.89. The van der Waals surface area contributed by atoms with Crippen molar-refractivity contribution in [2.24, 2.45) is 0 Å². The van der Waals surface area contributed by atoms with Gasteiger partial charge in [0.2, 0.25) is 10.0 Å². The van der Waals surface area contributed by atoms with Gasteiger partial charge in [0.25, 0.3) is 0 Å². The van der Waals surface area contributed by atoms with E-state index in [0.29, 0.717) is 38.3 Å². The summed E-state index contributed by atoms with van der Waals surface area (Å²) in [5.41, 5.74) is 0.675. The average molecular weight is 379 g/mol. The van der Waals surface area contributed by atoms with Crippen molar-refractivity contribution in [3.05, 3.63) is 65.2 Å². The summed E-state index contributed by atoms with van der Waals surface area (Å²) < 4.78 is 26.9. The van der Waals surface area contributed by atoms with Gasteiger partial charge in [-0.2, -0.15) is 4.31 Å². The first-order valence-electron chi connectivity index (χ1n) is 8.04. The summed E-state index contributed by atoms with van der Waals surface area (Å²) in [5, 5.41) is 0.226. The Hall–Kier alpha value is -1.73. The molecule has 0 N–H and O–H groups in total. The molecule has 2 aromatic rings. The first-order valence-corrected chi connectivity index (χ1v) is 9.85. The van der Waals surface area contributed by atoms with Crippen LogP contribution in [0.15, 0.2) is 59.5 Å². The number of sulfonamides is 1. The van der Waals surface area contributed by atoms with Crippen LogP contribution in [0.5, 0.6) is 0 Å². The van der Waals surface area contributed by atoms with Crippen molar-refractivity contribution in [1.29, 1.82) is 0 Å². The van der Waals surface area contributed by atoms with Crippen LogP contribution < -0.4 is 0 Å². The van der Waals surface area contributed by atoms with Crippen LogP contribution in [0.4, 0.5) is 0 Å². The average Bonchev–Trinajstić information content (AvgIpc) is 2.63. The van der Waals surface area contributed by atoms with Gasteiger partial charge in [-0.3, -0.25) is 9.69 Å². The van der Waals surface area contributed by atoms with Crippen LogP contribution in [0.1, 0.15) is 10.4 Å². The lowest BCUT2D eigenvalue weighted by molar-refractivity contribution is 0.0901. The third kappa shape index (κ3) is 4.10. The molecule has 2 aromatic carbocycles. The summed E-state index contributed by atoms with van der Waals surface area (Å²) in [7, 11) is -3.61. The van der Waals surface area contributed by atoms with Crippen molar-refractivity contribution in [2.75, 3.05) is 32.7 Å². The standard InChI is InChI=1S/C18H19ClN2O3S/c19-16-8-4-5-9-18(16)25(23,24)21-12-10-20(11-13-21)14-17(22)15-6-2-1-3-7-15/h1-9H,10-14H2. The molecule has 0 aliphatic carbocycles. The van der Waals surface area contributed by atoms with Crippen LogP contribution in [0.3, 0.4) is 0 Å². The summed E-state index contributed by atoms with van der Waals surface area (Å²) in [6, 6.07) is 15.6. The van der Waals surface area contributed by atoms with Crippen LogP contribution in [0.2, 0.25) is 5.02 Å². The number of halogens is 1. The normalized spacial score (nSPS) is 16.7. The summed E-state index contributed by atoms with van der Waals surface area (Å²) in [4.78, 5) is 14.4. The first-order chi connectivity index (χ1) is 12.0. The zero-order valence-corrected chi connectivity index (χ0v) is 15.2. The molecule has 132 valence electrons. The fourth-order valence-corrected chi connectivity index (χ4v) is 4.75. The van der Waals surface area contributed by atoms with Crippen molar-refractivity contribution in [3.8, 4) is 0 Å². The number of rotatable bonds is 5. The molecule has 0 saturated carbocycles. The number of carbonyl (C=O) groups is 1. The van der Waals surface area contributed by atoms with Gasteiger partial charge in [-0.05, 0) is 12.1 Å². The van der Waals surface area contributed by atoms with Crippen LogP contribution in [-0.2, 0) is 10.0 Å². The minimum absolute atomic E-state index is 0.0445. The SMILES string of the molecule is O=C(CN1CCN(S(=O)(=O)c2ccccc2Cl)CC1)c1ccccc1. The highest BCUT2D eigenvalue weighted by Crippen LogP contribution is 2.25. The molecule has 1 aliphatic heterocycles. The Morgan fingerprint density at radius 3 is 2.16 bits per heavy atom. The number of carbonyl (C=O) groups excluding carboxylic acids is 1. The van der Waals surface area contributed by atoms with Crippen molar-refractivity contribution in [3.63, 3.8) is 0 Å². The summed E-state index contributed by atoms with van der Waals surface area (Å²) in [6.45, 7) is 2.01. The quantitative estimate of drug-likeness (QED) is 0.750. The topological polar surface area (TPSA) is 57.7 Å². The molecule has 0 radical (unpaired) electrons. The van der Waals surface area contributed by atoms with Gasteiger partial charge in [0.05, 0.1) is 11.6 Å². The van der Waals surface area contributed by atoms with Crippen LogP contribution >= 0.6 is 11.6 Å². The number of ketones is 1. The van der Waals surface area contributed by atoms with Gasteiger partial charge in [0, 0.05) is 31.7 Å². The van der Waals surface area contributed by atoms with E-state index in [2.05, 4.69) is 0 Å². The lowest BCUT2D eigenvalue weighted by Gasteiger charge is -2.33. The molecule has 1 saturated heterocycles. The maximum atomic E-state index is 12.7. The molecule has 1 aliphatic rings. The fraction of sp³-hybridized carbons (Fsp3) is 0.278. The second kappa shape index (κ2) is 7.66. The predicted octanol–water partition coefficient (Wildman–Crippen LogP) is 2.53. The highest BCUT2D eigenvalue weighted by Gasteiger charge is 2.30. The molecule has 25 heavy (non-hydrogen) atoms. The lowest BCUT2D eigenvalue weighted by Crippen LogP contribution is -2.49. The molecule has 7 heteroatoms. The molecule has 0 amide bonds. The van der Waals surface area contributed by atoms with Crippen molar-refractivity contribution in [1.82, 2.24) is 9.21 Å². The van der Waals surface area contributed by atoms with Crippen LogP contribution in [-0.4, -0.2) is 56.1 Å². The van der Waals surface area contributed by atoms with E-state index >= 15 is 0 Å². The molecule has 0 aromatic heterocycles. The van der Waals surface area contributed by atoms with E-state index in [0.717, 1.165) is 0 Å². The maximum absolute atomic E-state index is 12.7. The van der Waals surface area contributed by atoms with Crippen molar-refractivity contribution < 1.29 is 13.2 Å². The first kappa shape index (κ1) is 18.1. The van der Waals surface area contributed by atoms with E-state index in [-0.39, 0.29) is 15.7 Å². The van der Waals surface area contributed by atoms with E-state index in [9.17, 15) is 13.2 Å². The molecule has 5 nitrogen and oxygen atoms in total. The van der Waals surface area contributed by atoms with Gasteiger partial charge in [-0.1, -0.05) is 54.1 Å². The monoisotopic (exact) mass is 378 g/mol. The van der Waals surface area contributed by atoms with Gasteiger partial charge < -0.3 is 0 Å². The predicted molar refractivity (Wildman–Crippen MR) is 97.4 cm³/mol. The molecule has 1 fully saturated rings. The molecular formula is C18H19ClN2O3S. The third-order valence-corrected chi connectivity index (χ3v) is 6.65. The molecular weight excluding hydrogens is 360 g/mol. The minimum atomic E-state index is -3.61. The zero-order chi connectivity index (χ0) is 17.9. The highest BCUT2D eigenvalue weighted by atomic mass is 35.5. The van der Waals surface area contributed by atoms with Gasteiger partial charge in [-0.25, -0.2) is 8.42 Å². The molecule has 1 heterocycles. The Kier molecular flexibility index (Phi) is 5.54. The number of hydrogen-bond donors (Lipinski definition) is 0. The zero-order valence-electron chi connectivity index (χ0n) is 13.6. The minimum Gasteiger partial charge on any atom is -0.293 e. The Labute approximate surface area is 152 Å². The third-order valence-electron chi connectivity index (χ3n) is 4.25. The largest absolute Gasteiger partial charge is 0.293 e. The Balaban J connectivity index is 1.62. The number of hydrogen-bond acceptors (Lipinski definition) is 4.